The minimum absolute atomic E-state index is 0.261. The summed E-state index contributed by atoms with van der Waals surface area (Å²) in [6.07, 6.45) is 1.70. The summed E-state index contributed by atoms with van der Waals surface area (Å²) >= 11 is 3.62. The molecule has 3 nitrogen and oxygen atoms in total. The van der Waals surface area contributed by atoms with Crippen LogP contribution in [0.25, 0.3) is 0 Å². The molecule has 1 aliphatic rings. The minimum Gasteiger partial charge on any atom is -0.363 e. The molecule has 1 saturated heterocycles. The van der Waals surface area contributed by atoms with Crippen LogP contribution in [0.5, 0.6) is 0 Å². The lowest BCUT2D eigenvalue weighted by Crippen LogP contribution is -2.44. The van der Waals surface area contributed by atoms with E-state index in [1.165, 1.54) is 11.3 Å². The molecule has 2 unspecified atom stereocenters. The molecule has 1 fully saturated rings. The van der Waals surface area contributed by atoms with Crippen molar-refractivity contribution in [1.82, 2.24) is 4.90 Å². The van der Waals surface area contributed by atoms with Gasteiger partial charge in [0.25, 0.3) is 0 Å². The third kappa shape index (κ3) is 3.34. The smallest absolute Gasteiger partial charge is 0.0643 e. The molecule has 4 heteroatoms. The van der Waals surface area contributed by atoms with Crippen LogP contribution in [0.1, 0.15) is 25.3 Å². The number of nitriles is 1. The molecular weight excluding hydrogens is 314 g/mol. The Balaban J connectivity index is 2.36. The van der Waals surface area contributed by atoms with Gasteiger partial charge in [0.2, 0.25) is 0 Å². The highest BCUT2D eigenvalue weighted by molar-refractivity contribution is 9.10. The Bertz CT molecular complexity index is 509. The van der Waals surface area contributed by atoms with Crippen LogP contribution in [0.15, 0.2) is 22.7 Å². The monoisotopic (exact) mass is 335 g/mol. The average Bonchev–Trinajstić information content (AvgIpc) is 2.53. The molecule has 0 bridgehead atoms. The van der Waals surface area contributed by atoms with Gasteiger partial charge in [-0.2, -0.15) is 5.26 Å². The Morgan fingerprint density at radius 3 is 2.85 bits per heavy atom. The zero-order valence-corrected chi connectivity index (χ0v) is 14.0. The van der Waals surface area contributed by atoms with Gasteiger partial charge in [-0.25, -0.2) is 0 Å². The first-order valence-corrected chi connectivity index (χ1v) is 7.92. The number of benzene rings is 1. The van der Waals surface area contributed by atoms with Crippen LogP contribution in [0, 0.1) is 18.3 Å². The molecule has 1 aromatic carbocycles. The number of hydrogen-bond donors (Lipinski definition) is 0. The summed E-state index contributed by atoms with van der Waals surface area (Å²) in [6, 6.07) is 9.56. The Labute approximate surface area is 130 Å². The van der Waals surface area contributed by atoms with Gasteiger partial charge in [0, 0.05) is 22.7 Å². The maximum Gasteiger partial charge on any atom is 0.0643 e. The van der Waals surface area contributed by atoms with Gasteiger partial charge in [0.1, 0.15) is 0 Å². The maximum atomic E-state index is 9.14. The van der Waals surface area contributed by atoms with Crippen LogP contribution in [0.3, 0.4) is 0 Å². The first-order valence-electron chi connectivity index (χ1n) is 7.13. The van der Waals surface area contributed by atoms with E-state index in [9.17, 15) is 0 Å². The van der Waals surface area contributed by atoms with Crippen molar-refractivity contribution in [2.24, 2.45) is 0 Å². The van der Waals surface area contributed by atoms with E-state index in [1.54, 1.807) is 0 Å². The predicted octanol–water partition coefficient (Wildman–Crippen LogP) is 3.57. The molecule has 0 saturated carbocycles. The van der Waals surface area contributed by atoms with E-state index >= 15 is 0 Å². The Morgan fingerprint density at radius 2 is 2.20 bits per heavy atom. The van der Waals surface area contributed by atoms with Crippen LogP contribution >= 0.6 is 15.9 Å². The zero-order valence-electron chi connectivity index (χ0n) is 12.4. The predicted molar refractivity (Wildman–Crippen MR) is 87.0 cm³/mol. The van der Waals surface area contributed by atoms with E-state index in [2.05, 4.69) is 70.9 Å². The highest BCUT2D eigenvalue weighted by Crippen LogP contribution is 2.29. The van der Waals surface area contributed by atoms with Crippen molar-refractivity contribution in [3.63, 3.8) is 0 Å². The number of likely N-dealkylation sites (N-methyl/N-ethyl adjacent to an activating group) is 1. The van der Waals surface area contributed by atoms with E-state index in [0.29, 0.717) is 12.5 Å². The first-order chi connectivity index (χ1) is 9.52. The van der Waals surface area contributed by atoms with Gasteiger partial charge in [-0.15, -0.1) is 0 Å². The second-order valence-electron chi connectivity index (χ2n) is 5.76. The Hall–Kier alpha value is -1.05. The minimum atomic E-state index is 0.261. The number of anilines is 1. The van der Waals surface area contributed by atoms with E-state index < -0.39 is 0 Å². The van der Waals surface area contributed by atoms with Gasteiger partial charge >= 0.3 is 0 Å². The van der Waals surface area contributed by atoms with E-state index in [1.807, 2.05) is 0 Å². The molecule has 2 atom stereocenters. The van der Waals surface area contributed by atoms with Crippen molar-refractivity contribution < 1.29 is 0 Å². The lowest BCUT2D eigenvalue weighted by Gasteiger charge is -2.36. The third-order valence-corrected chi connectivity index (χ3v) is 4.95. The lowest BCUT2D eigenvalue weighted by molar-refractivity contribution is 0.331. The van der Waals surface area contributed by atoms with Crippen LogP contribution in [0.2, 0.25) is 0 Å². The highest BCUT2D eigenvalue weighted by Gasteiger charge is 2.28. The van der Waals surface area contributed by atoms with Crippen molar-refractivity contribution in [2.45, 2.75) is 38.8 Å². The number of aryl methyl sites for hydroxylation is 1. The van der Waals surface area contributed by atoms with E-state index in [4.69, 9.17) is 5.26 Å². The molecule has 0 radical (unpaired) electrons. The van der Waals surface area contributed by atoms with Gasteiger partial charge in [0.15, 0.2) is 0 Å². The fourth-order valence-electron chi connectivity index (χ4n) is 2.92. The van der Waals surface area contributed by atoms with Gasteiger partial charge in [0.05, 0.1) is 18.5 Å². The van der Waals surface area contributed by atoms with Gasteiger partial charge in [-0.3, -0.25) is 0 Å². The number of halogens is 1. The fourth-order valence-corrected chi connectivity index (χ4v) is 3.29. The zero-order chi connectivity index (χ0) is 14.7. The maximum absolute atomic E-state index is 9.14. The standard InChI is InChI=1S/C16H22BrN3/c1-12-4-5-14(10-16(12)17)20-13(2)7-9-19(3)11-15(20)6-8-18/h4-5,10,13,15H,6-7,9,11H2,1-3H3. The van der Waals surface area contributed by atoms with Crippen LogP contribution in [-0.4, -0.2) is 37.1 Å². The SMILES string of the molecule is Cc1ccc(N2C(C)CCN(C)CC2CC#N)cc1Br. The molecule has 1 aliphatic heterocycles. The molecule has 1 aromatic rings. The normalized spacial score (nSPS) is 24.2. The second-order valence-corrected chi connectivity index (χ2v) is 6.61. The summed E-state index contributed by atoms with van der Waals surface area (Å²) in [7, 11) is 2.14. The number of nitrogens with zero attached hydrogens (tertiary/aromatic N) is 3. The Kier molecular flexibility index (Phi) is 5.06. The van der Waals surface area contributed by atoms with Crippen LogP contribution < -0.4 is 4.90 Å². The van der Waals surface area contributed by atoms with Gasteiger partial charge in [-0.1, -0.05) is 22.0 Å². The van der Waals surface area contributed by atoms with Crippen molar-refractivity contribution >= 4 is 21.6 Å². The van der Waals surface area contributed by atoms with Gasteiger partial charge < -0.3 is 9.80 Å². The fraction of sp³-hybridized carbons (Fsp3) is 0.562. The van der Waals surface area contributed by atoms with Gasteiger partial charge in [-0.05, 0) is 51.6 Å². The van der Waals surface area contributed by atoms with Crippen molar-refractivity contribution in [3.8, 4) is 6.07 Å². The summed E-state index contributed by atoms with van der Waals surface area (Å²) in [5.41, 5.74) is 2.45. The summed E-state index contributed by atoms with van der Waals surface area (Å²) in [6.45, 7) is 6.40. The lowest BCUT2D eigenvalue weighted by atomic mass is 10.1. The third-order valence-electron chi connectivity index (χ3n) is 4.10. The summed E-state index contributed by atoms with van der Waals surface area (Å²) in [5.74, 6) is 0. The largest absolute Gasteiger partial charge is 0.363 e. The van der Waals surface area contributed by atoms with Crippen LogP contribution in [0.4, 0.5) is 5.69 Å². The highest BCUT2D eigenvalue weighted by atomic mass is 79.9. The molecular formula is C16H22BrN3. The summed E-state index contributed by atoms with van der Waals surface area (Å²) < 4.78 is 1.13. The summed E-state index contributed by atoms with van der Waals surface area (Å²) in [4.78, 5) is 4.76. The molecule has 1 heterocycles. The molecule has 2 rings (SSSR count). The van der Waals surface area contributed by atoms with E-state index in [0.717, 1.165) is 24.0 Å². The quantitative estimate of drug-likeness (QED) is 0.827. The molecule has 0 amide bonds. The van der Waals surface area contributed by atoms with Crippen molar-refractivity contribution in [2.75, 3.05) is 25.0 Å². The van der Waals surface area contributed by atoms with Crippen molar-refractivity contribution in [3.05, 3.63) is 28.2 Å². The topological polar surface area (TPSA) is 30.3 Å². The molecule has 0 aromatic heterocycles. The molecule has 0 spiro atoms. The Morgan fingerprint density at radius 1 is 1.45 bits per heavy atom. The molecule has 0 N–H and O–H groups in total. The number of rotatable bonds is 2. The molecule has 108 valence electrons. The average molecular weight is 336 g/mol. The van der Waals surface area contributed by atoms with Crippen LogP contribution in [-0.2, 0) is 0 Å². The first kappa shape index (κ1) is 15.3. The summed E-state index contributed by atoms with van der Waals surface area (Å²) in [5, 5.41) is 9.14. The second kappa shape index (κ2) is 6.60. The van der Waals surface area contributed by atoms with Crippen molar-refractivity contribution in [1.29, 1.82) is 5.26 Å². The number of hydrogen-bond acceptors (Lipinski definition) is 3. The molecule has 20 heavy (non-hydrogen) atoms. The van der Waals surface area contributed by atoms with E-state index in [-0.39, 0.29) is 6.04 Å². The molecule has 0 aliphatic carbocycles.